The molecule has 1 N–H and O–H groups in total. The van der Waals surface area contributed by atoms with Crippen molar-refractivity contribution in [2.45, 2.75) is 94.7 Å². The molecule has 2 saturated heterocycles. The Hall–Kier alpha value is -1.72. The van der Waals surface area contributed by atoms with Crippen LogP contribution in [0.1, 0.15) is 29.2 Å². The minimum atomic E-state index is -5.70. The fourth-order valence-corrected chi connectivity index (χ4v) is 7.78. The van der Waals surface area contributed by atoms with E-state index < -0.39 is 101 Å². The van der Waals surface area contributed by atoms with Gasteiger partial charge in [-0.1, -0.05) is 121 Å². The molecule has 24 heteroatoms. The van der Waals surface area contributed by atoms with Crippen molar-refractivity contribution in [2.24, 2.45) is 0 Å². The van der Waals surface area contributed by atoms with Gasteiger partial charge >= 0.3 is 88.7 Å². The van der Waals surface area contributed by atoms with E-state index in [-0.39, 0.29) is 115 Å². The molecule has 0 radical (unpaired) electrons. The van der Waals surface area contributed by atoms with Crippen molar-refractivity contribution in [1.82, 2.24) is 5.32 Å². The van der Waals surface area contributed by atoms with Crippen molar-refractivity contribution >= 4 is 32.7 Å². The van der Waals surface area contributed by atoms with Crippen LogP contribution in [0.5, 0.6) is 0 Å². The number of carboxylic acids is 1. The molecule has 6 rings (SSSR count). The second-order valence-corrected chi connectivity index (χ2v) is 16.4. The summed E-state index contributed by atoms with van der Waals surface area (Å²) in [6, 6.07) is 32.6. The molecule has 2 aliphatic heterocycles. The fourth-order valence-electron chi connectivity index (χ4n) is 7.01. The summed E-state index contributed by atoms with van der Waals surface area (Å²) in [6.45, 7) is -0.807. The summed E-state index contributed by atoms with van der Waals surface area (Å²) in [5.74, 6) is -2.55. The van der Waals surface area contributed by atoms with Gasteiger partial charge in [-0.3, -0.25) is 13.2 Å². The van der Waals surface area contributed by atoms with Crippen molar-refractivity contribution in [3.63, 3.8) is 0 Å². The van der Waals surface area contributed by atoms with Crippen molar-refractivity contribution < 1.29 is 171 Å². The number of nitrogens with one attached hydrogen (secondary N) is 1. The van der Waals surface area contributed by atoms with Crippen molar-refractivity contribution in [3.8, 4) is 0 Å². The number of hydrogen-bond donors (Lipinski definition) is 1. The number of carbonyl (C=O) groups is 2. The molecule has 2 aliphatic rings. The number of hydrogen-bond acceptors (Lipinski definition) is 18. The zero-order valence-corrected chi connectivity index (χ0v) is 44.2. The van der Waals surface area contributed by atoms with Gasteiger partial charge in [0.2, 0.25) is 26.7 Å². The third-order valence-corrected chi connectivity index (χ3v) is 10.6. The minimum Gasteiger partial charge on any atom is -0.726 e. The van der Waals surface area contributed by atoms with Crippen LogP contribution in [0.2, 0.25) is 0 Å². The van der Waals surface area contributed by atoms with Gasteiger partial charge in [-0.25, -0.2) is 16.8 Å². The maximum absolute atomic E-state index is 13.0. The topological polar surface area (TPSA) is 267 Å². The predicted octanol–water partition coefficient (Wildman–Crippen LogP) is -7.62. The van der Waals surface area contributed by atoms with Crippen LogP contribution in [0.15, 0.2) is 121 Å². The quantitative estimate of drug-likeness (QED) is 0.0462. The van der Waals surface area contributed by atoms with Gasteiger partial charge in [-0.05, 0) is 22.3 Å². The maximum Gasteiger partial charge on any atom is 1.00 e. The summed E-state index contributed by atoms with van der Waals surface area (Å²) in [6.07, 6.45) is -16.4. The first-order valence-corrected chi connectivity index (χ1v) is 22.1. The van der Waals surface area contributed by atoms with E-state index in [1.165, 1.54) is 0 Å². The van der Waals surface area contributed by atoms with Crippen LogP contribution in [0.4, 0.5) is 0 Å². The van der Waals surface area contributed by atoms with Gasteiger partial charge in [0, 0.05) is 6.92 Å². The van der Waals surface area contributed by atoms with Crippen LogP contribution in [0.25, 0.3) is 0 Å². The third-order valence-electron chi connectivity index (χ3n) is 9.75. The van der Waals surface area contributed by atoms with Crippen LogP contribution in [-0.4, -0.2) is 106 Å². The monoisotopic (exact) mass is 983 g/mol. The molecular weight excluding hydrogens is 940 g/mol. The first-order valence-electron chi connectivity index (χ1n) is 19.4. The number of benzene rings is 4. The maximum atomic E-state index is 13.0. The SMILES string of the molecule is CC(=O)N[C@H]1[C@H](OCc2ccccc2)O[C@H](COS(=O)(=O)[O-])[C@H](OCc2ccccc2)[C@@H]1O[C@@H]1O[C@H](C(=O)[O-])[C@@H](OCc2ccccc2)[C@H](OCc2ccccc2)[C@H]1OS(=O)(=O)[O-].[Na+].[Na+].[Na+]. The van der Waals surface area contributed by atoms with Gasteiger partial charge in [0.05, 0.1) is 39.0 Å². The second-order valence-electron chi connectivity index (χ2n) is 14.4. The smallest absolute Gasteiger partial charge is 0.726 e. The minimum absolute atomic E-state index is 0. The van der Waals surface area contributed by atoms with E-state index in [0.717, 1.165) is 6.92 Å². The van der Waals surface area contributed by atoms with Gasteiger partial charge in [0.1, 0.15) is 42.7 Å². The Bertz CT molecular complexity index is 2290. The van der Waals surface area contributed by atoms with Crippen LogP contribution in [0, 0.1) is 0 Å². The molecule has 0 saturated carbocycles. The van der Waals surface area contributed by atoms with E-state index in [9.17, 15) is 40.6 Å². The Kier molecular flexibility index (Phi) is 25.0. The predicted molar refractivity (Wildman–Crippen MR) is 211 cm³/mol. The number of carboxylic acid groups (broad SMARTS) is 1. The van der Waals surface area contributed by atoms with Gasteiger partial charge in [0.25, 0.3) is 0 Å². The van der Waals surface area contributed by atoms with Gasteiger partial charge < -0.3 is 57.5 Å². The molecular formula is C42H44NNa3O18S2. The number of amides is 1. The summed E-state index contributed by atoms with van der Waals surface area (Å²) in [5, 5.41) is 15.6. The summed E-state index contributed by atoms with van der Waals surface area (Å²) in [4.78, 5) is 25.9. The normalized spacial score (nSPS) is 25.3. The van der Waals surface area contributed by atoms with Crippen molar-refractivity contribution in [3.05, 3.63) is 144 Å². The van der Waals surface area contributed by atoms with E-state index in [2.05, 4.69) is 9.50 Å². The van der Waals surface area contributed by atoms with E-state index >= 15 is 0 Å². The van der Waals surface area contributed by atoms with Crippen LogP contribution in [-0.2, 0) is 98.3 Å². The van der Waals surface area contributed by atoms with Crippen molar-refractivity contribution in [2.75, 3.05) is 6.61 Å². The number of rotatable bonds is 21. The zero-order valence-electron chi connectivity index (χ0n) is 36.5. The molecule has 340 valence electrons. The molecule has 1 amide bonds. The first kappa shape index (κ1) is 58.6. The molecule has 0 aromatic heterocycles. The molecule has 0 unspecified atom stereocenters. The second kappa shape index (κ2) is 28.2. The van der Waals surface area contributed by atoms with E-state index in [0.29, 0.717) is 22.3 Å². The zero-order chi connectivity index (χ0) is 45.0. The summed E-state index contributed by atoms with van der Waals surface area (Å²) in [5.41, 5.74) is 2.30. The summed E-state index contributed by atoms with van der Waals surface area (Å²) in [7, 11) is -11.1. The van der Waals surface area contributed by atoms with Gasteiger partial charge in [0.15, 0.2) is 18.7 Å². The molecule has 19 nitrogen and oxygen atoms in total. The number of ether oxygens (including phenoxy) is 7. The van der Waals surface area contributed by atoms with Crippen molar-refractivity contribution in [1.29, 1.82) is 0 Å². The Morgan fingerprint density at radius 2 is 0.985 bits per heavy atom. The molecule has 4 aromatic carbocycles. The van der Waals surface area contributed by atoms with E-state index in [1.807, 2.05) is 0 Å². The van der Waals surface area contributed by atoms with Crippen LogP contribution in [0.3, 0.4) is 0 Å². The average molecular weight is 984 g/mol. The molecule has 0 bridgehead atoms. The molecule has 66 heavy (non-hydrogen) atoms. The Morgan fingerprint density at radius 1 is 0.561 bits per heavy atom. The van der Waals surface area contributed by atoms with Gasteiger partial charge in [-0.2, -0.15) is 0 Å². The summed E-state index contributed by atoms with van der Waals surface area (Å²) >= 11 is 0. The molecule has 4 aromatic rings. The Morgan fingerprint density at radius 3 is 1.39 bits per heavy atom. The van der Waals surface area contributed by atoms with Crippen LogP contribution >= 0.6 is 0 Å². The van der Waals surface area contributed by atoms with E-state index in [4.69, 9.17) is 37.3 Å². The number of carbonyl (C=O) groups excluding carboxylic acids is 2. The standard InChI is InChI=1S/C42H47NO18S2.3Na/c1-27(44)43-33-35(34(53-22-28-14-6-2-7-15-28)32(26-57-62(47,48)49)58-41(33)56-25-31-20-12-5-13-21-31)59-42-39(61-63(50,51)52)37(55-24-30-18-10-4-11-19-30)36(38(60-42)40(45)46)54-23-29-16-8-3-9-17-29;;;/h2-21,32-39,41-42H,22-26H2,1H3,(H,43,44)(H,45,46)(H,47,48,49)(H,50,51,52);;;/q;3*+1/p-3/t32-,33-,34+,35-,36+,37+,38+,39-,41-,42-;;;/m1.../s1. The fraction of sp³-hybridized carbons (Fsp3) is 0.381. The number of aliphatic carboxylic acids is 1. The van der Waals surface area contributed by atoms with Gasteiger partial charge in [-0.15, -0.1) is 0 Å². The van der Waals surface area contributed by atoms with E-state index in [1.54, 1.807) is 121 Å². The summed E-state index contributed by atoms with van der Waals surface area (Å²) < 4.78 is 126. The molecule has 0 aliphatic carbocycles. The average Bonchev–Trinajstić information content (AvgIpc) is 3.25. The molecule has 10 atom stereocenters. The Labute approximate surface area is 449 Å². The third kappa shape index (κ3) is 18.2. The Balaban J connectivity index is 0.00000385. The largest absolute Gasteiger partial charge is 1.00 e. The molecule has 2 heterocycles. The first-order chi connectivity index (χ1) is 30.1. The molecule has 2 fully saturated rings. The molecule has 0 spiro atoms. The van der Waals surface area contributed by atoms with Crippen LogP contribution < -0.4 is 99.1 Å².